The van der Waals surface area contributed by atoms with Crippen molar-refractivity contribution in [1.29, 1.82) is 0 Å². The van der Waals surface area contributed by atoms with E-state index in [1.165, 1.54) is 18.3 Å². The third kappa shape index (κ3) is 2.60. The number of hydrogen-bond acceptors (Lipinski definition) is 3. The largest absolute Gasteiger partial charge is 0.423 e. The van der Waals surface area contributed by atoms with Gasteiger partial charge in [0.1, 0.15) is 11.6 Å². The number of carbonyl (C=O) groups excluding carboxylic acids is 1. The predicted molar refractivity (Wildman–Crippen MR) is 65.5 cm³/mol. The molecular formula is C14H10FNO2. The van der Waals surface area contributed by atoms with Crippen LogP contribution in [0.25, 0.3) is 11.1 Å². The molecule has 0 unspecified atom stereocenters. The fourth-order valence-corrected chi connectivity index (χ4v) is 1.47. The molecule has 0 radical (unpaired) electrons. The maximum absolute atomic E-state index is 12.9. The van der Waals surface area contributed by atoms with E-state index >= 15 is 0 Å². The van der Waals surface area contributed by atoms with E-state index < -0.39 is 5.97 Å². The van der Waals surface area contributed by atoms with E-state index in [1.807, 2.05) is 0 Å². The minimum absolute atomic E-state index is 0.327. The summed E-state index contributed by atoms with van der Waals surface area (Å²) in [5, 5.41) is 0. The van der Waals surface area contributed by atoms with Crippen molar-refractivity contribution in [1.82, 2.24) is 4.98 Å². The van der Waals surface area contributed by atoms with Crippen LogP contribution < -0.4 is 4.74 Å². The van der Waals surface area contributed by atoms with Gasteiger partial charge in [-0.25, -0.2) is 9.18 Å². The summed E-state index contributed by atoms with van der Waals surface area (Å²) in [5.41, 5.74) is 1.34. The summed E-state index contributed by atoms with van der Waals surface area (Å²) in [5.74, 6) is -0.515. The zero-order chi connectivity index (χ0) is 13.0. The van der Waals surface area contributed by atoms with E-state index in [0.717, 1.165) is 11.6 Å². The smallest absolute Gasteiger partial charge is 0.335 e. The van der Waals surface area contributed by atoms with Gasteiger partial charge >= 0.3 is 5.97 Å². The number of benzene rings is 1. The lowest BCUT2D eigenvalue weighted by Gasteiger charge is -2.08. The lowest BCUT2D eigenvalue weighted by Crippen LogP contribution is -2.04. The van der Waals surface area contributed by atoms with E-state index in [1.54, 1.807) is 24.4 Å². The Morgan fingerprint density at radius 2 is 2.00 bits per heavy atom. The lowest BCUT2D eigenvalue weighted by atomic mass is 10.1. The quantitative estimate of drug-likeness (QED) is 0.614. The Labute approximate surface area is 104 Å². The highest BCUT2D eigenvalue weighted by molar-refractivity contribution is 5.85. The number of esters is 1. The highest BCUT2D eigenvalue weighted by Gasteiger charge is 2.09. The number of rotatable bonds is 3. The van der Waals surface area contributed by atoms with Crippen molar-refractivity contribution in [3.05, 3.63) is 61.2 Å². The summed E-state index contributed by atoms with van der Waals surface area (Å²) >= 11 is 0. The van der Waals surface area contributed by atoms with Gasteiger partial charge in [-0.2, -0.15) is 0 Å². The van der Waals surface area contributed by atoms with Gasteiger partial charge in [0.2, 0.25) is 0 Å². The van der Waals surface area contributed by atoms with Crippen LogP contribution in [0.4, 0.5) is 4.39 Å². The fourth-order valence-electron chi connectivity index (χ4n) is 1.47. The molecule has 0 fully saturated rings. The number of halogens is 1. The molecule has 0 amide bonds. The van der Waals surface area contributed by atoms with Crippen LogP contribution in [-0.2, 0) is 4.79 Å². The molecule has 0 aliphatic heterocycles. The van der Waals surface area contributed by atoms with Gasteiger partial charge in [0, 0.05) is 24.0 Å². The van der Waals surface area contributed by atoms with Gasteiger partial charge < -0.3 is 4.74 Å². The van der Waals surface area contributed by atoms with Crippen LogP contribution in [0, 0.1) is 5.82 Å². The minimum atomic E-state index is -0.551. The van der Waals surface area contributed by atoms with Crippen molar-refractivity contribution in [2.24, 2.45) is 0 Å². The van der Waals surface area contributed by atoms with Gasteiger partial charge in [-0.15, -0.1) is 0 Å². The molecule has 1 aromatic carbocycles. The van der Waals surface area contributed by atoms with Crippen molar-refractivity contribution in [2.45, 2.75) is 0 Å². The number of nitrogens with zero attached hydrogens (tertiary/aromatic N) is 1. The zero-order valence-corrected chi connectivity index (χ0v) is 9.47. The minimum Gasteiger partial charge on any atom is -0.423 e. The highest BCUT2D eigenvalue weighted by Crippen LogP contribution is 2.29. The number of aromatic nitrogens is 1. The molecule has 0 N–H and O–H groups in total. The monoisotopic (exact) mass is 243 g/mol. The molecule has 2 aromatic rings. The average molecular weight is 243 g/mol. The van der Waals surface area contributed by atoms with Crippen molar-refractivity contribution in [2.75, 3.05) is 0 Å². The Morgan fingerprint density at radius 1 is 1.28 bits per heavy atom. The van der Waals surface area contributed by atoms with Crippen molar-refractivity contribution in [3.8, 4) is 16.9 Å². The lowest BCUT2D eigenvalue weighted by molar-refractivity contribution is -0.128. The molecule has 0 saturated heterocycles. The molecule has 18 heavy (non-hydrogen) atoms. The summed E-state index contributed by atoms with van der Waals surface area (Å²) in [7, 11) is 0. The molecule has 3 nitrogen and oxygen atoms in total. The van der Waals surface area contributed by atoms with E-state index in [0.29, 0.717) is 11.3 Å². The molecule has 4 heteroatoms. The predicted octanol–water partition coefficient (Wildman–Crippen LogP) is 2.98. The first-order chi connectivity index (χ1) is 8.70. The standard InChI is InChI=1S/C14H10FNO2/c1-2-14(17)18-13-7-8-16-9-12(13)10-3-5-11(15)6-4-10/h2-9H,1H2. The van der Waals surface area contributed by atoms with Crippen LogP contribution in [0.5, 0.6) is 5.75 Å². The Bertz CT molecular complexity index is 579. The summed E-state index contributed by atoms with van der Waals surface area (Å²) in [6.07, 6.45) is 4.15. The van der Waals surface area contributed by atoms with E-state index in [4.69, 9.17) is 4.74 Å². The zero-order valence-electron chi connectivity index (χ0n) is 9.47. The van der Waals surface area contributed by atoms with Gasteiger partial charge in [0.25, 0.3) is 0 Å². The van der Waals surface area contributed by atoms with E-state index in [9.17, 15) is 9.18 Å². The van der Waals surface area contributed by atoms with Crippen molar-refractivity contribution in [3.63, 3.8) is 0 Å². The summed E-state index contributed by atoms with van der Waals surface area (Å²) < 4.78 is 17.9. The van der Waals surface area contributed by atoms with E-state index in [2.05, 4.69) is 11.6 Å². The van der Waals surface area contributed by atoms with Gasteiger partial charge in [-0.1, -0.05) is 18.7 Å². The van der Waals surface area contributed by atoms with Gasteiger partial charge in [-0.05, 0) is 23.8 Å². The third-order valence-corrected chi connectivity index (χ3v) is 2.31. The summed E-state index contributed by atoms with van der Waals surface area (Å²) in [6, 6.07) is 7.43. The van der Waals surface area contributed by atoms with Crippen molar-refractivity contribution < 1.29 is 13.9 Å². The molecule has 0 aliphatic carbocycles. The second-order valence-corrected chi connectivity index (χ2v) is 3.50. The normalized spacial score (nSPS) is 9.83. The molecule has 0 bridgehead atoms. The fraction of sp³-hybridized carbons (Fsp3) is 0. The highest BCUT2D eigenvalue weighted by atomic mass is 19.1. The molecule has 0 atom stereocenters. The summed E-state index contributed by atoms with van der Waals surface area (Å²) in [6.45, 7) is 3.33. The van der Waals surface area contributed by atoms with Crippen LogP contribution >= 0.6 is 0 Å². The van der Waals surface area contributed by atoms with Crippen molar-refractivity contribution >= 4 is 5.97 Å². The second kappa shape index (κ2) is 5.23. The number of hydrogen-bond donors (Lipinski definition) is 0. The molecule has 0 saturated carbocycles. The number of pyridine rings is 1. The van der Waals surface area contributed by atoms with Gasteiger partial charge in [0.05, 0.1) is 0 Å². The molecule has 0 spiro atoms. The molecule has 90 valence electrons. The maximum Gasteiger partial charge on any atom is 0.335 e. The van der Waals surface area contributed by atoms with Gasteiger partial charge in [-0.3, -0.25) is 4.98 Å². The van der Waals surface area contributed by atoms with Crippen LogP contribution in [0.15, 0.2) is 55.4 Å². The van der Waals surface area contributed by atoms with Crippen LogP contribution in [0.3, 0.4) is 0 Å². The first-order valence-corrected chi connectivity index (χ1v) is 5.25. The SMILES string of the molecule is C=CC(=O)Oc1ccncc1-c1ccc(F)cc1. The Hall–Kier alpha value is -2.49. The van der Waals surface area contributed by atoms with Crippen LogP contribution in [-0.4, -0.2) is 11.0 Å². The van der Waals surface area contributed by atoms with Crippen LogP contribution in [0.2, 0.25) is 0 Å². The van der Waals surface area contributed by atoms with Crippen LogP contribution in [0.1, 0.15) is 0 Å². The Balaban J connectivity index is 2.41. The molecule has 1 heterocycles. The maximum atomic E-state index is 12.9. The molecule has 1 aromatic heterocycles. The topological polar surface area (TPSA) is 39.2 Å². The Morgan fingerprint density at radius 3 is 2.67 bits per heavy atom. The third-order valence-electron chi connectivity index (χ3n) is 2.31. The molecule has 0 aliphatic rings. The number of ether oxygens (including phenoxy) is 1. The first kappa shape index (κ1) is 12.0. The molecular weight excluding hydrogens is 233 g/mol. The average Bonchev–Trinajstić information content (AvgIpc) is 2.40. The summed E-state index contributed by atoms with van der Waals surface area (Å²) in [4.78, 5) is 15.2. The van der Waals surface area contributed by atoms with Gasteiger partial charge in [0.15, 0.2) is 0 Å². The number of carbonyl (C=O) groups is 1. The Kier molecular flexibility index (Phi) is 3.48. The second-order valence-electron chi connectivity index (χ2n) is 3.50. The first-order valence-electron chi connectivity index (χ1n) is 5.25. The van der Waals surface area contributed by atoms with E-state index in [-0.39, 0.29) is 5.82 Å². The molecule has 2 rings (SSSR count).